The van der Waals surface area contributed by atoms with E-state index < -0.39 is 11.7 Å². The fourth-order valence-corrected chi connectivity index (χ4v) is 3.04. The van der Waals surface area contributed by atoms with Gasteiger partial charge in [0.25, 0.3) is 0 Å². The van der Waals surface area contributed by atoms with Gasteiger partial charge in [-0.25, -0.2) is 0 Å². The van der Waals surface area contributed by atoms with Crippen molar-refractivity contribution in [1.82, 2.24) is 20.4 Å². The number of guanidine groups is 1. The summed E-state index contributed by atoms with van der Waals surface area (Å²) < 4.78 is 37.8. The molecule has 0 radical (unpaired) electrons. The fraction of sp³-hybridized carbons (Fsp3) is 0.632. The molecule has 0 amide bonds. The number of halogens is 3. The number of piperazine rings is 1. The monoisotopic (exact) mass is 385 g/mol. The number of likely N-dealkylation sites (N-methyl/N-ethyl adjacent to an activating group) is 1. The Kier molecular flexibility index (Phi) is 7.91. The minimum absolute atomic E-state index is 0.409. The molecular weight excluding hydrogens is 355 g/mol. The number of rotatable bonds is 6. The van der Waals surface area contributed by atoms with E-state index >= 15 is 0 Å². The van der Waals surface area contributed by atoms with Gasteiger partial charge in [-0.15, -0.1) is 0 Å². The second-order valence-electron chi connectivity index (χ2n) is 7.01. The first-order valence-electron chi connectivity index (χ1n) is 9.33. The van der Waals surface area contributed by atoms with E-state index in [-0.39, 0.29) is 0 Å². The van der Waals surface area contributed by atoms with Crippen LogP contribution in [0.5, 0.6) is 0 Å². The Morgan fingerprint density at radius 1 is 1.11 bits per heavy atom. The van der Waals surface area contributed by atoms with Gasteiger partial charge in [-0.2, -0.15) is 13.2 Å². The van der Waals surface area contributed by atoms with Gasteiger partial charge < -0.3 is 15.5 Å². The summed E-state index contributed by atoms with van der Waals surface area (Å²) in [5, 5.41) is 6.55. The predicted molar refractivity (Wildman–Crippen MR) is 103 cm³/mol. The lowest BCUT2D eigenvalue weighted by atomic mass is 10.1. The third-order valence-electron chi connectivity index (χ3n) is 4.94. The van der Waals surface area contributed by atoms with E-state index in [1.807, 2.05) is 0 Å². The van der Waals surface area contributed by atoms with E-state index in [9.17, 15) is 13.2 Å². The fourth-order valence-electron chi connectivity index (χ4n) is 3.04. The molecule has 0 aromatic heterocycles. The molecule has 2 rings (SSSR count). The molecule has 152 valence electrons. The average molecular weight is 385 g/mol. The molecule has 1 heterocycles. The maximum absolute atomic E-state index is 12.6. The molecule has 5 nitrogen and oxygen atoms in total. The largest absolute Gasteiger partial charge is 0.416 e. The van der Waals surface area contributed by atoms with Crippen molar-refractivity contribution < 1.29 is 13.2 Å². The van der Waals surface area contributed by atoms with Crippen LogP contribution in [0.1, 0.15) is 18.1 Å². The van der Waals surface area contributed by atoms with Crippen molar-refractivity contribution in [3.8, 4) is 0 Å². The van der Waals surface area contributed by atoms with Crippen LogP contribution in [0.2, 0.25) is 0 Å². The summed E-state index contributed by atoms with van der Waals surface area (Å²) in [5.41, 5.74) is 0.242. The van der Waals surface area contributed by atoms with Crippen LogP contribution in [0.25, 0.3) is 0 Å². The highest BCUT2D eigenvalue weighted by Gasteiger charge is 2.29. The smallest absolute Gasteiger partial charge is 0.356 e. The van der Waals surface area contributed by atoms with Crippen LogP contribution < -0.4 is 10.6 Å². The van der Waals surface area contributed by atoms with Crippen LogP contribution in [0, 0.1) is 0 Å². The van der Waals surface area contributed by atoms with Gasteiger partial charge in [-0.05, 0) is 38.1 Å². The Labute approximate surface area is 159 Å². The van der Waals surface area contributed by atoms with Crippen molar-refractivity contribution in [2.75, 3.05) is 53.4 Å². The number of aliphatic imine (C=N–C) groups is 1. The molecule has 2 N–H and O–H groups in total. The maximum Gasteiger partial charge on any atom is 0.416 e. The second-order valence-corrected chi connectivity index (χ2v) is 7.01. The van der Waals surface area contributed by atoms with Crippen molar-refractivity contribution >= 4 is 5.96 Å². The van der Waals surface area contributed by atoms with E-state index in [1.54, 1.807) is 7.05 Å². The van der Waals surface area contributed by atoms with E-state index in [0.717, 1.165) is 50.4 Å². The first-order chi connectivity index (χ1) is 12.8. The highest BCUT2D eigenvalue weighted by atomic mass is 19.4. The molecule has 0 saturated carbocycles. The first-order valence-corrected chi connectivity index (χ1v) is 9.33. The van der Waals surface area contributed by atoms with Crippen molar-refractivity contribution in [2.45, 2.75) is 25.6 Å². The van der Waals surface area contributed by atoms with E-state index in [0.29, 0.717) is 25.0 Å². The summed E-state index contributed by atoms with van der Waals surface area (Å²) in [5.74, 6) is 0.711. The van der Waals surface area contributed by atoms with Crippen molar-refractivity contribution in [3.63, 3.8) is 0 Å². The summed E-state index contributed by atoms with van der Waals surface area (Å²) in [7, 11) is 3.86. The van der Waals surface area contributed by atoms with Gasteiger partial charge in [0.15, 0.2) is 5.96 Å². The first kappa shape index (κ1) is 21.5. The Morgan fingerprint density at radius 2 is 1.74 bits per heavy atom. The number of alkyl halides is 3. The molecule has 1 atom stereocenters. The van der Waals surface area contributed by atoms with Gasteiger partial charge in [0.1, 0.15) is 0 Å². The topological polar surface area (TPSA) is 42.9 Å². The van der Waals surface area contributed by atoms with Crippen LogP contribution in [-0.2, 0) is 12.6 Å². The van der Waals surface area contributed by atoms with Crippen LogP contribution in [0.15, 0.2) is 29.3 Å². The number of hydrogen-bond acceptors (Lipinski definition) is 3. The van der Waals surface area contributed by atoms with Gasteiger partial charge in [-0.1, -0.05) is 12.1 Å². The van der Waals surface area contributed by atoms with Crippen molar-refractivity contribution in [1.29, 1.82) is 0 Å². The molecule has 1 aliphatic rings. The van der Waals surface area contributed by atoms with Gasteiger partial charge in [0, 0.05) is 52.4 Å². The Balaban J connectivity index is 1.71. The normalized spacial score (nSPS) is 18.4. The molecular formula is C19H30F3N5. The van der Waals surface area contributed by atoms with Crippen molar-refractivity contribution in [3.05, 3.63) is 35.4 Å². The molecule has 1 unspecified atom stereocenters. The standard InChI is InChI=1S/C19H30F3N5/c1-15(27-12-10-26(3)11-13-27)14-25-18(23-2)24-9-8-16-4-6-17(7-5-16)19(20,21)22/h4-7,15H,8-14H2,1-3H3,(H2,23,24,25). The van der Waals surface area contributed by atoms with Gasteiger partial charge in [0.2, 0.25) is 0 Å². The average Bonchev–Trinajstić information content (AvgIpc) is 2.64. The van der Waals surface area contributed by atoms with Crippen LogP contribution in [0.3, 0.4) is 0 Å². The van der Waals surface area contributed by atoms with Crippen LogP contribution in [0.4, 0.5) is 13.2 Å². The van der Waals surface area contributed by atoms with Gasteiger partial charge in [-0.3, -0.25) is 9.89 Å². The Morgan fingerprint density at radius 3 is 2.30 bits per heavy atom. The van der Waals surface area contributed by atoms with Crippen molar-refractivity contribution in [2.24, 2.45) is 4.99 Å². The summed E-state index contributed by atoms with van der Waals surface area (Å²) in [6.07, 6.45) is -3.66. The summed E-state index contributed by atoms with van der Waals surface area (Å²) in [6.45, 7) is 7.92. The molecule has 1 fully saturated rings. The summed E-state index contributed by atoms with van der Waals surface area (Å²) in [4.78, 5) is 9.01. The SMILES string of the molecule is CN=C(NCCc1ccc(C(F)(F)F)cc1)NCC(C)N1CCN(C)CC1. The minimum Gasteiger partial charge on any atom is -0.356 e. The Bertz CT molecular complexity index is 592. The van der Waals surface area contributed by atoms with Gasteiger partial charge >= 0.3 is 6.18 Å². The molecule has 1 saturated heterocycles. The quantitative estimate of drug-likeness (QED) is 0.581. The molecule has 0 aliphatic carbocycles. The minimum atomic E-state index is -4.29. The molecule has 1 aromatic carbocycles. The molecule has 1 aromatic rings. The zero-order chi connectivity index (χ0) is 19.9. The zero-order valence-corrected chi connectivity index (χ0v) is 16.3. The lowest BCUT2D eigenvalue weighted by Gasteiger charge is -2.36. The molecule has 0 spiro atoms. The van der Waals surface area contributed by atoms with E-state index in [1.165, 1.54) is 12.1 Å². The third kappa shape index (κ3) is 7.03. The highest BCUT2D eigenvalue weighted by Crippen LogP contribution is 2.29. The van der Waals surface area contributed by atoms with Crippen LogP contribution in [-0.4, -0.2) is 75.2 Å². The lowest BCUT2D eigenvalue weighted by molar-refractivity contribution is -0.137. The highest BCUT2D eigenvalue weighted by molar-refractivity contribution is 5.79. The van der Waals surface area contributed by atoms with Crippen LogP contribution >= 0.6 is 0 Å². The number of nitrogens with one attached hydrogen (secondary N) is 2. The number of hydrogen-bond donors (Lipinski definition) is 2. The van der Waals surface area contributed by atoms with Gasteiger partial charge in [0.05, 0.1) is 5.56 Å². The molecule has 27 heavy (non-hydrogen) atoms. The molecule has 0 bridgehead atoms. The molecule has 8 heteroatoms. The number of benzene rings is 1. The maximum atomic E-state index is 12.6. The van der Waals surface area contributed by atoms with E-state index in [2.05, 4.69) is 39.4 Å². The lowest BCUT2D eigenvalue weighted by Crippen LogP contribution is -2.52. The molecule has 1 aliphatic heterocycles. The Hall–Kier alpha value is -1.80. The second kappa shape index (κ2) is 9.94. The zero-order valence-electron chi connectivity index (χ0n) is 16.3. The van der Waals surface area contributed by atoms with E-state index in [4.69, 9.17) is 0 Å². The third-order valence-corrected chi connectivity index (χ3v) is 4.94. The summed E-state index contributed by atoms with van der Waals surface area (Å²) >= 11 is 0. The predicted octanol–water partition coefficient (Wildman–Crippen LogP) is 2.05. The number of nitrogens with zero attached hydrogens (tertiary/aromatic N) is 3. The summed E-state index contributed by atoms with van der Waals surface area (Å²) in [6, 6.07) is 5.71.